The van der Waals surface area contributed by atoms with Crippen LogP contribution < -0.4 is 10.7 Å². The van der Waals surface area contributed by atoms with Gasteiger partial charge in [-0.2, -0.15) is 5.10 Å². The predicted molar refractivity (Wildman–Crippen MR) is 59.8 cm³/mol. The molecule has 0 saturated heterocycles. The number of nitrogens with zero attached hydrogens (tertiary/aromatic N) is 1. The molecule has 0 fully saturated rings. The molecular weight excluding hydrogens is 244 g/mol. The van der Waals surface area contributed by atoms with E-state index in [2.05, 4.69) is 15.8 Å². The molecule has 0 radical (unpaired) electrons. The molecule has 2 amide bonds. The number of anilines is 1. The van der Waals surface area contributed by atoms with Crippen molar-refractivity contribution in [2.45, 2.75) is 12.8 Å². The summed E-state index contributed by atoms with van der Waals surface area (Å²) in [7, 11) is 0. The first kappa shape index (κ1) is 12.2. The molecular formula is C11H9F2N3O2. The highest BCUT2D eigenvalue weighted by molar-refractivity contribution is 6.43. The lowest BCUT2D eigenvalue weighted by Gasteiger charge is -2.12. The number of rotatable bonds is 2. The molecule has 0 spiro atoms. The third-order valence-corrected chi connectivity index (χ3v) is 2.37. The van der Waals surface area contributed by atoms with Crippen molar-refractivity contribution in [3.8, 4) is 0 Å². The van der Waals surface area contributed by atoms with Crippen LogP contribution in [0.15, 0.2) is 23.3 Å². The van der Waals surface area contributed by atoms with E-state index < -0.39 is 17.5 Å². The molecule has 18 heavy (non-hydrogen) atoms. The second-order valence-corrected chi connectivity index (χ2v) is 3.65. The van der Waals surface area contributed by atoms with Gasteiger partial charge in [-0.05, 0) is 12.1 Å². The lowest BCUT2D eigenvalue weighted by atomic mass is 10.1. The molecule has 0 bridgehead atoms. The average Bonchev–Trinajstić information content (AvgIpc) is 2.36. The molecule has 0 aromatic heterocycles. The van der Waals surface area contributed by atoms with Crippen LogP contribution >= 0.6 is 0 Å². The van der Waals surface area contributed by atoms with Gasteiger partial charge in [0.15, 0.2) is 11.6 Å². The maximum atomic E-state index is 13.3. The monoisotopic (exact) mass is 253 g/mol. The maximum Gasteiger partial charge on any atom is 0.271 e. The first-order chi connectivity index (χ1) is 8.58. The summed E-state index contributed by atoms with van der Waals surface area (Å²) < 4.78 is 26.2. The Kier molecular flexibility index (Phi) is 3.31. The minimum atomic E-state index is -1.13. The van der Waals surface area contributed by atoms with Gasteiger partial charge in [-0.15, -0.1) is 0 Å². The van der Waals surface area contributed by atoms with Crippen LogP contribution in [0.25, 0.3) is 0 Å². The van der Waals surface area contributed by atoms with Crippen molar-refractivity contribution in [1.82, 2.24) is 5.43 Å². The topological polar surface area (TPSA) is 70.6 Å². The van der Waals surface area contributed by atoms with Crippen LogP contribution in [0.4, 0.5) is 14.5 Å². The molecule has 0 unspecified atom stereocenters. The molecule has 5 nitrogen and oxygen atoms in total. The van der Waals surface area contributed by atoms with E-state index in [1.807, 2.05) is 0 Å². The molecule has 0 saturated carbocycles. The highest BCUT2D eigenvalue weighted by atomic mass is 19.2. The molecule has 1 aromatic carbocycles. The summed E-state index contributed by atoms with van der Waals surface area (Å²) in [4.78, 5) is 22.5. The summed E-state index contributed by atoms with van der Waals surface area (Å²) in [5, 5.41) is 5.75. The van der Waals surface area contributed by atoms with Gasteiger partial charge in [0.25, 0.3) is 5.91 Å². The van der Waals surface area contributed by atoms with Gasteiger partial charge in [0.2, 0.25) is 5.91 Å². The molecule has 0 aliphatic carbocycles. The van der Waals surface area contributed by atoms with Gasteiger partial charge in [0.1, 0.15) is 5.71 Å². The van der Waals surface area contributed by atoms with E-state index in [-0.39, 0.29) is 30.1 Å². The number of hydrogen-bond donors (Lipinski definition) is 2. The first-order valence-electron chi connectivity index (χ1n) is 5.18. The number of hydrazone groups is 1. The maximum absolute atomic E-state index is 13.3. The third-order valence-electron chi connectivity index (χ3n) is 2.37. The molecule has 1 heterocycles. The highest BCUT2D eigenvalue weighted by Gasteiger charge is 2.19. The Labute approximate surface area is 101 Å². The number of carbonyl (C=O) groups is 2. The van der Waals surface area contributed by atoms with Gasteiger partial charge in [0.05, 0.1) is 5.69 Å². The standard InChI is InChI=1S/C11H9F2N3O2/c12-6-2-1-3-7(10(6)13)14-11(18)8-4-5-9(17)16-15-8/h1-3H,4-5H2,(H,14,18)(H,16,17). The summed E-state index contributed by atoms with van der Waals surface area (Å²) in [6.07, 6.45) is 0.298. The minimum Gasteiger partial charge on any atom is -0.318 e. The normalized spacial score (nSPS) is 14.8. The molecule has 94 valence electrons. The van der Waals surface area contributed by atoms with Crippen molar-refractivity contribution in [1.29, 1.82) is 0 Å². The molecule has 0 atom stereocenters. The molecule has 2 rings (SSSR count). The number of nitrogens with one attached hydrogen (secondary N) is 2. The second-order valence-electron chi connectivity index (χ2n) is 3.65. The number of carbonyl (C=O) groups excluding carboxylic acids is 2. The molecule has 2 N–H and O–H groups in total. The fourth-order valence-corrected chi connectivity index (χ4v) is 1.43. The number of benzene rings is 1. The number of halogens is 2. The summed E-state index contributed by atoms with van der Waals surface area (Å²) in [5.41, 5.74) is 1.95. The quantitative estimate of drug-likeness (QED) is 0.830. The fraction of sp³-hybridized carbons (Fsp3) is 0.182. The first-order valence-corrected chi connectivity index (χ1v) is 5.18. The van der Waals surface area contributed by atoms with Crippen LogP contribution in [-0.2, 0) is 9.59 Å². The highest BCUT2D eigenvalue weighted by Crippen LogP contribution is 2.16. The van der Waals surface area contributed by atoms with Gasteiger partial charge in [0, 0.05) is 12.8 Å². The second kappa shape index (κ2) is 4.91. The zero-order chi connectivity index (χ0) is 13.1. The molecule has 1 aliphatic rings. The zero-order valence-electron chi connectivity index (χ0n) is 9.17. The summed E-state index contributed by atoms with van der Waals surface area (Å²) in [6, 6.07) is 3.46. The van der Waals surface area contributed by atoms with Crippen molar-refractivity contribution in [2.75, 3.05) is 5.32 Å². The van der Waals surface area contributed by atoms with Crippen LogP contribution in [0, 0.1) is 11.6 Å². The van der Waals surface area contributed by atoms with E-state index >= 15 is 0 Å². The van der Waals surface area contributed by atoms with Gasteiger partial charge in [-0.1, -0.05) is 6.07 Å². The summed E-state index contributed by atoms with van der Waals surface area (Å²) in [6.45, 7) is 0. The Morgan fingerprint density at radius 3 is 2.78 bits per heavy atom. The zero-order valence-corrected chi connectivity index (χ0v) is 9.17. The van der Waals surface area contributed by atoms with Crippen molar-refractivity contribution in [2.24, 2.45) is 5.10 Å². The van der Waals surface area contributed by atoms with E-state index in [1.54, 1.807) is 0 Å². The van der Waals surface area contributed by atoms with E-state index in [0.717, 1.165) is 6.07 Å². The molecule has 1 aliphatic heterocycles. The Morgan fingerprint density at radius 1 is 1.33 bits per heavy atom. The van der Waals surface area contributed by atoms with Crippen LogP contribution in [0.3, 0.4) is 0 Å². The van der Waals surface area contributed by atoms with Crippen molar-refractivity contribution in [3.63, 3.8) is 0 Å². The van der Waals surface area contributed by atoms with Gasteiger partial charge in [-0.25, -0.2) is 14.2 Å². The third kappa shape index (κ3) is 2.50. The van der Waals surface area contributed by atoms with E-state index in [9.17, 15) is 18.4 Å². The Bertz CT molecular complexity index is 543. The van der Waals surface area contributed by atoms with Gasteiger partial charge in [-0.3, -0.25) is 9.59 Å². The molecule has 7 heteroatoms. The lowest BCUT2D eigenvalue weighted by molar-refractivity contribution is -0.121. The Hall–Kier alpha value is -2.31. The number of hydrogen-bond acceptors (Lipinski definition) is 3. The summed E-state index contributed by atoms with van der Waals surface area (Å²) >= 11 is 0. The van der Waals surface area contributed by atoms with Crippen molar-refractivity contribution in [3.05, 3.63) is 29.8 Å². The van der Waals surface area contributed by atoms with E-state index in [4.69, 9.17) is 0 Å². The Balaban J connectivity index is 2.12. The minimum absolute atomic E-state index is 0.0678. The van der Waals surface area contributed by atoms with E-state index in [1.165, 1.54) is 12.1 Å². The smallest absolute Gasteiger partial charge is 0.271 e. The lowest BCUT2D eigenvalue weighted by Crippen LogP contribution is -2.33. The van der Waals surface area contributed by atoms with Gasteiger partial charge < -0.3 is 5.32 Å². The van der Waals surface area contributed by atoms with Crippen LogP contribution in [0.2, 0.25) is 0 Å². The molecule has 1 aromatic rings. The van der Waals surface area contributed by atoms with Crippen LogP contribution in [-0.4, -0.2) is 17.5 Å². The van der Waals surface area contributed by atoms with Crippen LogP contribution in [0.5, 0.6) is 0 Å². The van der Waals surface area contributed by atoms with Gasteiger partial charge >= 0.3 is 0 Å². The van der Waals surface area contributed by atoms with E-state index in [0.29, 0.717) is 0 Å². The SMILES string of the molecule is O=C1CCC(C(=O)Nc2cccc(F)c2F)=NN1. The summed E-state index contributed by atoms with van der Waals surface area (Å²) in [5.74, 6) is -3.14. The van der Waals surface area contributed by atoms with Crippen LogP contribution in [0.1, 0.15) is 12.8 Å². The number of amides is 2. The Morgan fingerprint density at radius 2 is 2.11 bits per heavy atom. The average molecular weight is 253 g/mol. The largest absolute Gasteiger partial charge is 0.318 e. The predicted octanol–water partition coefficient (Wildman–Crippen LogP) is 1.17. The van der Waals surface area contributed by atoms with Crippen molar-refractivity contribution < 1.29 is 18.4 Å². The fourth-order valence-electron chi connectivity index (χ4n) is 1.43. The van der Waals surface area contributed by atoms with Crippen molar-refractivity contribution >= 4 is 23.2 Å².